The van der Waals surface area contributed by atoms with Gasteiger partial charge in [-0.15, -0.1) is 0 Å². The second-order valence-electron chi connectivity index (χ2n) is 8.88. The largest absolute Gasteiger partial charge is 0.457 e. The van der Waals surface area contributed by atoms with Gasteiger partial charge in [0.2, 0.25) is 5.91 Å². The summed E-state index contributed by atoms with van der Waals surface area (Å²) in [5, 5.41) is 2.95. The molecule has 1 heterocycles. The van der Waals surface area contributed by atoms with Gasteiger partial charge in [-0.2, -0.15) is 0 Å². The van der Waals surface area contributed by atoms with E-state index in [2.05, 4.69) is 27.4 Å². The molecule has 1 aromatic heterocycles. The molecule has 0 radical (unpaired) electrons. The number of pyridine rings is 1. The molecule has 0 bridgehead atoms. The van der Waals surface area contributed by atoms with Crippen LogP contribution in [0.1, 0.15) is 34.4 Å². The zero-order chi connectivity index (χ0) is 25.5. The van der Waals surface area contributed by atoms with Crippen molar-refractivity contribution in [3.05, 3.63) is 125 Å². The molecule has 184 valence electrons. The molecule has 1 aliphatic rings. The summed E-state index contributed by atoms with van der Waals surface area (Å²) in [6.45, 7) is 0.347. The van der Waals surface area contributed by atoms with Crippen molar-refractivity contribution in [3.63, 3.8) is 0 Å². The predicted octanol–water partition coefficient (Wildman–Crippen LogP) is 5.92. The third-order valence-corrected chi connectivity index (χ3v) is 6.16. The lowest BCUT2D eigenvalue weighted by atomic mass is 10.1. The van der Waals surface area contributed by atoms with E-state index in [1.54, 1.807) is 18.3 Å². The highest BCUT2D eigenvalue weighted by atomic mass is 16.5. The number of amides is 1. The maximum Gasteiger partial charge on any atom is 0.248 e. The lowest BCUT2D eigenvalue weighted by Crippen LogP contribution is -2.13. The summed E-state index contributed by atoms with van der Waals surface area (Å²) < 4.78 is 6.04. The van der Waals surface area contributed by atoms with Crippen LogP contribution in [0.25, 0.3) is 6.08 Å². The number of ether oxygens (including phenoxy) is 1. The van der Waals surface area contributed by atoms with Crippen LogP contribution in [0.2, 0.25) is 0 Å². The summed E-state index contributed by atoms with van der Waals surface area (Å²) in [6, 6.07) is 27.0. The normalized spacial score (nSPS) is 12.9. The number of carbonyl (C=O) groups excluding carboxylic acids is 1. The number of fused-ring (bicyclic) bond motifs is 1. The lowest BCUT2D eigenvalue weighted by Gasteiger charge is -2.08. The number of aliphatic imine (C=N–C) groups is 1. The van der Waals surface area contributed by atoms with Crippen LogP contribution in [0.4, 0.5) is 5.69 Å². The maximum atomic E-state index is 12.4. The van der Waals surface area contributed by atoms with E-state index in [0.717, 1.165) is 35.3 Å². The minimum atomic E-state index is -0.168. The number of anilines is 1. The Labute approximate surface area is 216 Å². The van der Waals surface area contributed by atoms with Gasteiger partial charge in [0.15, 0.2) is 0 Å². The van der Waals surface area contributed by atoms with Crippen molar-refractivity contribution in [1.82, 2.24) is 4.98 Å². The van der Waals surface area contributed by atoms with Gasteiger partial charge in [-0.1, -0.05) is 48.5 Å². The average molecular weight is 489 g/mol. The standard InChI is InChI=1S/C31H28N4O2/c32-31(24-7-2-1-3-8-24)34-21-27-20-29(16-17-33-27)37-28-11-4-6-22(18-28)12-15-30(36)35-26-14-13-23-9-5-10-25(23)19-26/h1-4,6-8,11-20H,5,9-10,21H2,(H2,32,34)(H,35,36)/b15-12+. The summed E-state index contributed by atoms with van der Waals surface area (Å²) in [5.41, 5.74) is 12.1. The van der Waals surface area contributed by atoms with Gasteiger partial charge in [-0.3, -0.25) is 14.8 Å². The Morgan fingerprint density at radius 2 is 1.78 bits per heavy atom. The number of aryl methyl sites for hydroxylation is 2. The summed E-state index contributed by atoms with van der Waals surface area (Å²) in [6.07, 6.45) is 8.38. The molecule has 0 spiro atoms. The molecule has 0 saturated heterocycles. The molecular weight excluding hydrogens is 460 g/mol. The van der Waals surface area contributed by atoms with E-state index in [1.165, 1.54) is 23.6 Å². The fourth-order valence-electron chi connectivity index (χ4n) is 4.30. The maximum absolute atomic E-state index is 12.4. The zero-order valence-corrected chi connectivity index (χ0v) is 20.4. The molecule has 0 atom stereocenters. The van der Waals surface area contributed by atoms with Crippen LogP contribution in [0, 0.1) is 0 Å². The highest BCUT2D eigenvalue weighted by Gasteiger charge is 2.11. The van der Waals surface area contributed by atoms with Crippen molar-refractivity contribution in [2.45, 2.75) is 25.8 Å². The van der Waals surface area contributed by atoms with Crippen molar-refractivity contribution in [2.24, 2.45) is 10.7 Å². The molecule has 6 nitrogen and oxygen atoms in total. The number of nitrogens with zero attached hydrogens (tertiary/aromatic N) is 2. The highest BCUT2D eigenvalue weighted by Crippen LogP contribution is 2.25. The van der Waals surface area contributed by atoms with Gasteiger partial charge in [0.1, 0.15) is 17.3 Å². The number of rotatable bonds is 8. The van der Waals surface area contributed by atoms with Gasteiger partial charge < -0.3 is 15.8 Å². The van der Waals surface area contributed by atoms with E-state index in [9.17, 15) is 4.79 Å². The first kappa shape index (κ1) is 24.0. The van der Waals surface area contributed by atoms with E-state index in [4.69, 9.17) is 10.5 Å². The topological polar surface area (TPSA) is 89.6 Å². The Hall–Kier alpha value is -4.71. The van der Waals surface area contributed by atoms with E-state index in [0.29, 0.717) is 23.9 Å². The molecule has 0 aliphatic heterocycles. The minimum absolute atomic E-state index is 0.168. The summed E-state index contributed by atoms with van der Waals surface area (Å²) in [5.74, 6) is 1.60. The second kappa shape index (κ2) is 11.4. The predicted molar refractivity (Wildman–Crippen MR) is 148 cm³/mol. The smallest absolute Gasteiger partial charge is 0.248 e. The van der Waals surface area contributed by atoms with Crippen molar-refractivity contribution >= 4 is 23.5 Å². The van der Waals surface area contributed by atoms with Gasteiger partial charge >= 0.3 is 0 Å². The third-order valence-electron chi connectivity index (χ3n) is 6.16. The molecule has 0 unspecified atom stereocenters. The van der Waals surface area contributed by atoms with E-state index >= 15 is 0 Å². The molecule has 0 saturated carbocycles. The van der Waals surface area contributed by atoms with Crippen LogP contribution in [0.3, 0.4) is 0 Å². The molecule has 3 N–H and O–H groups in total. The molecule has 1 aliphatic carbocycles. The third kappa shape index (κ3) is 6.49. The average Bonchev–Trinajstić information content (AvgIpc) is 3.40. The quantitative estimate of drug-likeness (QED) is 0.183. The van der Waals surface area contributed by atoms with Crippen molar-refractivity contribution in [3.8, 4) is 11.5 Å². The fraction of sp³-hybridized carbons (Fsp3) is 0.129. The monoisotopic (exact) mass is 488 g/mol. The summed E-state index contributed by atoms with van der Waals surface area (Å²) in [7, 11) is 0. The Morgan fingerprint density at radius 3 is 2.68 bits per heavy atom. The van der Waals surface area contributed by atoms with Gasteiger partial charge in [0.25, 0.3) is 0 Å². The van der Waals surface area contributed by atoms with Crippen molar-refractivity contribution in [2.75, 3.05) is 5.32 Å². The van der Waals surface area contributed by atoms with Crippen molar-refractivity contribution in [1.29, 1.82) is 0 Å². The first-order valence-electron chi connectivity index (χ1n) is 12.3. The van der Waals surface area contributed by atoms with Gasteiger partial charge in [0, 0.05) is 29.6 Å². The minimum Gasteiger partial charge on any atom is -0.457 e. The number of benzene rings is 3. The molecule has 3 aromatic carbocycles. The Morgan fingerprint density at radius 1 is 0.946 bits per heavy atom. The SMILES string of the molecule is NC(=NCc1cc(Oc2cccc(/C=C/C(=O)Nc3ccc4c(c3)CCC4)c2)ccn1)c1ccccc1. The van der Waals surface area contributed by atoms with Crippen LogP contribution in [-0.2, 0) is 24.2 Å². The second-order valence-corrected chi connectivity index (χ2v) is 8.88. The van der Waals surface area contributed by atoms with E-state index in [1.807, 2.05) is 66.7 Å². The van der Waals surface area contributed by atoms with Crippen molar-refractivity contribution < 1.29 is 9.53 Å². The highest BCUT2D eigenvalue weighted by molar-refractivity contribution is 6.02. The number of hydrogen-bond acceptors (Lipinski definition) is 4. The molecule has 4 aromatic rings. The first-order chi connectivity index (χ1) is 18.1. The first-order valence-corrected chi connectivity index (χ1v) is 12.3. The fourth-order valence-corrected chi connectivity index (χ4v) is 4.30. The van der Waals surface area contributed by atoms with Crippen LogP contribution >= 0.6 is 0 Å². The van der Waals surface area contributed by atoms with Crippen LogP contribution < -0.4 is 15.8 Å². The number of hydrogen-bond donors (Lipinski definition) is 2. The Kier molecular flexibility index (Phi) is 7.36. The van der Waals surface area contributed by atoms with Crippen LogP contribution in [0.5, 0.6) is 11.5 Å². The molecule has 0 fully saturated rings. The number of nitrogens with two attached hydrogens (primary N) is 1. The Balaban J connectivity index is 1.20. The Bertz CT molecular complexity index is 1460. The number of carbonyl (C=O) groups is 1. The van der Waals surface area contributed by atoms with Crippen LogP contribution in [0.15, 0.2) is 102 Å². The lowest BCUT2D eigenvalue weighted by molar-refractivity contribution is -0.111. The van der Waals surface area contributed by atoms with Gasteiger partial charge in [0.05, 0.1) is 12.2 Å². The van der Waals surface area contributed by atoms with E-state index < -0.39 is 0 Å². The number of nitrogens with one attached hydrogen (secondary N) is 1. The molecule has 5 rings (SSSR count). The zero-order valence-electron chi connectivity index (χ0n) is 20.4. The summed E-state index contributed by atoms with van der Waals surface area (Å²) >= 11 is 0. The summed E-state index contributed by atoms with van der Waals surface area (Å²) in [4.78, 5) is 21.3. The molecular formula is C31H28N4O2. The van der Waals surface area contributed by atoms with Gasteiger partial charge in [-0.05, 0) is 72.4 Å². The molecule has 37 heavy (non-hydrogen) atoms. The number of amidine groups is 1. The van der Waals surface area contributed by atoms with Gasteiger partial charge in [-0.25, -0.2) is 0 Å². The van der Waals surface area contributed by atoms with Crippen LogP contribution in [-0.4, -0.2) is 16.7 Å². The van der Waals surface area contributed by atoms with E-state index in [-0.39, 0.29) is 5.91 Å². The molecule has 1 amide bonds. The number of aromatic nitrogens is 1. The molecule has 6 heteroatoms.